The standard InChI is InChI=1S/C42H33BN2O2/c1-41(2)42(3,4)47-43(46-41)28-18-19-32-33-20-22-36-34(39(33)40(45-38(32)25-28)26-12-6-5-7-13-26)21-23-37(44-36)35-24-27-14-8-9-15-29(27)30-16-10-11-17-31(30)35/h5-25H,1-4H3. The van der Waals surface area contributed by atoms with E-state index < -0.39 is 18.3 Å². The number of nitrogens with zero attached hydrogens (tertiary/aromatic N) is 2. The molecule has 1 aliphatic rings. The van der Waals surface area contributed by atoms with Crippen molar-refractivity contribution in [1.82, 2.24) is 9.97 Å². The highest BCUT2D eigenvalue weighted by Gasteiger charge is 2.51. The summed E-state index contributed by atoms with van der Waals surface area (Å²) in [5, 5.41) is 9.33. The third-order valence-electron chi connectivity index (χ3n) is 10.3. The van der Waals surface area contributed by atoms with Gasteiger partial charge in [-0.15, -0.1) is 0 Å². The molecule has 8 aromatic rings. The molecular formula is C42H33BN2O2. The van der Waals surface area contributed by atoms with Crippen LogP contribution >= 0.6 is 0 Å². The van der Waals surface area contributed by atoms with Crippen molar-refractivity contribution in [1.29, 1.82) is 0 Å². The van der Waals surface area contributed by atoms with Crippen LogP contribution in [0.5, 0.6) is 0 Å². The molecule has 0 radical (unpaired) electrons. The molecule has 0 saturated carbocycles. The van der Waals surface area contributed by atoms with E-state index in [1.807, 2.05) is 6.07 Å². The van der Waals surface area contributed by atoms with Gasteiger partial charge < -0.3 is 9.31 Å². The Hall–Kier alpha value is -5.10. The van der Waals surface area contributed by atoms with Crippen molar-refractivity contribution in [2.45, 2.75) is 38.9 Å². The lowest BCUT2D eigenvalue weighted by molar-refractivity contribution is 0.00578. The summed E-state index contributed by atoms with van der Waals surface area (Å²) in [6.45, 7) is 8.33. The molecule has 0 bridgehead atoms. The Morgan fingerprint density at radius 3 is 1.96 bits per heavy atom. The molecule has 0 unspecified atom stereocenters. The first kappa shape index (κ1) is 28.2. The predicted molar refractivity (Wildman–Crippen MR) is 196 cm³/mol. The molecule has 0 N–H and O–H groups in total. The van der Waals surface area contributed by atoms with Gasteiger partial charge in [-0.2, -0.15) is 0 Å². The second kappa shape index (κ2) is 10.2. The van der Waals surface area contributed by atoms with E-state index in [0.29, 0.717) is 0 Å². The number of pyridine rings is 2. The van der Waals surface area contributed by atoms with Gasteiger partial charge in [0, 0.05) is 27.3 Å². The molecule has 6 aromatic carbocycles. The number of hydrogen-bond acceptors (Lipinski definition) is 4. The second-order valence-electron chi connectivity index (χ2n) is 13.6. The van der Waals surface area contributed by atoms with E-state index in [-0.39, 0.29) is 0 Å². The fourth-order valence-corrected chi connectivity index (χ4v) is 7.08. The third kappa shape index (κ3) is 4.38. The first-order valence-corrected chi connectivity index (χ1v) is 16.3. The summed E-state index contributed by atoms with van der Waals surface area (Å²) >= 11 is 0. The van der Waals surface area contributed by atoms with E-state index in [9.17, 15) is 0 Å². The predicted octanol–water partition coefficient (Wildman–Crippen LogP) is 9.88. The Morgan fingerprint density at radius 2 is 1.17 bits per heavy atom. The monoisotopic (exact) mass is 608 g/mol. The third-order valence-corrected chi connectivity index (χ3v) is 10.3. The van der Waals surface area contributed by atoms with Crippen LogP contribution in [0.3, 0.4) is 0 Å². The van der Waals surface area contributed by atoms with Crippen molar-refractivity contribution < 1.29 is 9.31 Å². The van der Waals surface area contributed by atoms with Gasteiger partial charge in [0.05, 0.1) is 33.6 Å². The van der Waals surface area contributed by atoms with Crippen LogP contribution in [0.15, 0.2) is 127 Å². The maximum absolute atomic E-state index is 6.40. The van der Waals surface area contributed by atoms with Crippen LogP contribution in [-0.2, 0) is 9.31 Å². The zero-order chi connectivity index (χ0) is 31.9. The molecule has 226 valence electrons. The molecule has 5 heteroatoms. The minimum absolute atomic E-state index is 0.414. The SMILES string of the molecule is CC1(C)OB(c2ccc3c(c2)nc(-c2ccccc2)c2c4ccc(-c5cc6ccccc6c6ccccc56)nc4ccc32)OC1(C)C. The summed E-state index contributed by atoms with van der Waals surface area (Å²) in [4.78, 5) is 10.6. The lowest BCUT2D eigenvalue weighted by Gasteiger charge is -2.32. The Bertz CT molecular complexity index is 2530. The first-order chi connectivity index (χ1) is 22.8. The van der Waals surface area contributed by atoms with Crippen LogP contribution in [0.25, 0.3) is 76.6 Å². The zero-order valence-electron chi connectivity index (χ0n) is 26.9. The largest absolute Gasteiger partial charge is 0.494 e. The van der Waals surface area contributed by atoms with Crippen molar-refractivity contribution in [2.75, 3.05) is 0 Å². The van der Waals surface area contributed by atoms with E-state index in [0.717, 1.165) is 60.6 Å². The van der Waals surface area contributed by atoms with E-state index >= 15 is 0 Å². The highest BCUT2D eigenvalue weighted by molar-refractivity contribution is 6.62. The summed E-state index contributed by atoms with van der Waals surface area (Å²) in [6, 6.07) is 45.1. The summed E-state index contributed by atoms with van der Waals surface area (Å²) in [7, 11) is -0.451. The fraction of sp³-hybridized carbons (Fsp3) is 0.143. The zero-order valence-corrected chi connectivity index (χ0v) is 26.9. The average molecular weight is 609 g/mol. The van der Waals surface area contributed by atoms with Gasteiger partial charge in [-0.05, 0) is 90.4 Å². The molecule has 1 aliphatic heterocycles. The van der Waals surface area contributed by atoms with Crippen LogP contribution in [0.2, 0.25) is 0 Å². The summed E-state index contributed by atoms with van der Waals surface area (Å²) < 4.78 is 12.8. The van der Waals surface area contributed by atoms with Crippen molar-refractivity contribution in [3.05, 3.63) is 127 Å². The van der Waals surface area contributed by atoms with Gasteiger partial charge in [0.2, 0.25) is 0 Å². The molecule has 0 amide bonds. The van der Waals surface area contributed by atoms with Gasteiger partial charge in [0.25, 0.3) is 0 Å². The minimum atomic E-state index is -0.451. The molecule has 2 aromatic heterocycles. The number of fused-ring (bicyclic) bond motifs is 8. The first-order valence-electron chi connectivity index (χ1n) is 16.3. The average Bonchev–Trinajstić information content (AvgIpc) is 3.33. The fourth-order valence-electron chi connectivity index (χ4n) is 7.08. The van der Waals surface area contributed by atoms with Gasteiger partial charge >= 0.3 is 7.12 Å². The number of rotatable bonds is 3. The van der Waals surface area contributed by atoms with E-state index in [1.165, 1.54) is 21.5 Å². The molecule has 0 spiro atoms. The summed E-state index contributed by atoms with van der Waals surface area (Å²) in [6.07, 6.45) is 0. The Kier molecular flexibility index (Phi) is 6.11. The molecule has 0 aliphatic carbocycles. The van der Waals surface area contributed by atoms with Crippen molar-refractivity contribution >= 4 is 66.7 Å². The molecule has 47 heavy (non-hydrogen) atoms. The van der Waals surface area contributed by atoms with Gasteiger partial charge in [-0.3, -0.25) is 0 Å². The molecule has 3 heterocycles. The summed E-state index contributed by atoms with van der Waals surface area (Å²) in [5.74, 6) is 0. The van der Waals surface area contributed by atoms with Gasteiger partial charge in [0.1, 0.15) is 0 Å². The second-order valence-corrected chi connectivity index (χ2v) is 13.6. The smallest absolute Gasteiger partial charge is 0.399 e. The van der Waals surface area contributed by atoms with Crippen LogP contribution in [0.1, 0.15) is 27.7 Å². The lowest BCUT2D eigenvalue weighted by Crippen LogP contribution is -2.41. The number of aromatic nitrogens is 2. The maximum atomic E-state index is 6.40. The Labute approximate surface area is 274 Å². The number of benzene rings is 6. The lowest BCUT2D eigenvalue weighted by atomic mass is 9.78. The molecule has 1 fully saturated rings. The number of hydrogen-bond donors (Lipinski definition) is 0. The van der Waals surface area contributed by atoms with Crippen molar-refractivity contribution in [3.8, 4) is 22.5 Å². The molecular weight excluding hydrogens is 575 g/mol. The topological polar surface area (TPSA) is 44.2 Å². The van der Waals surface area contributed by atoms with Gasteiger partial charge in [-0.25, -0.2) is 9.97 Å². The van der Waals surface area contributed by atoms with Gasteiger partial charge in [-0.1, -0.05) is 97.1 Å². The van der Waals surface area contributed by atoms with Crippen LogP contribution in [-0.4, -0.2) is 28.3 Å². The van der Waals surface area contributed by atoms with Gasteiger partial charge in [0.15, 0.2) is 0 Å². The highest BCUT2D eigenvalue weighted by atomic mass is 16.7. The Balaban J connectivity index is 1.26. The molecule has 4 nitrogen and oxygen atoms in total. The molecule has 1 saturated heterocycles. The van der Waals surface area contributed by atoms with E-state index in [2.05, 4.69) is 149 Å². The summed E-state index contributed by atoms with van der Waals surface area (Å²) in [5.41, 5.74) is 6.10. The van der Waals surface area contributed by atoms with E-state index in [1.54, 1.807) is 0 Å². The van der Waals surface area contributed by atoms with Crippen molar-refractivity contribution in [3.63, 3.8) is 0 Å². The highest BCUT2D eigenvalue weighted by Crippen LogP contribution is 2.40. The Morgan fingerprint density at radius 1 is 0.511 bits per heavy atom. The maximum Gasteiger partial charge on any atom is 0.494 e. The van der Waals surface area contributed by atoms with E-state index in [4.69, 9.17) is 19.3 Å². The molecule has 9 rings (SSSR count). The normalized spacial score (nSPS) is 15.8. The van der Waals surface area contributed by atoms with Crippen molar-refractivity contribution in [2.24, 2.45) is 0 Å². The molecule has 0 atom stereocenters. The minimum Gasteiger partial charge on any atom is -0.399 e. The van der Waals surface area contributed by atoms with Crippen LogP contribution in [0.4, 0.5) is 0 Å². The van der Waals surface area contributed by atoms with Crippen LogP contribution < -0.4 is 5.46 Å². The quantitative estimate of drug-likeness (QED) is 0.148. The van der Waals surface area contributed by atoms with Crippen LogP contribution in [0, 0.1) is 0 Å².